The number of anilines is 1. The predicted octanol–water partition coefficient (Wildman–Crippen LogP) is 3.05. The molecule has 0 saturated carbocycles. The molecule has 1 unspecified atom stereocenters. The predicted molar refractivity (Wildman–Crippen MR) is 89.7 cm³/mol. The third-order valence-electron chi connectivity index (χ3n) is 3.90. The molecule has 0 spiro atoms. The second-order valence-corrected chi connectivity index (χ2v) is 5.68. The van der Waals surface area contributed by atoms with Crippen LogP contribution in [0.3, 0.4) is 0 Å². The summed E-state index contributed by atoms with van der Waals surface area (Å²) in [6.07, 6.45) is 0. The first-order valence-electron chi connectivity index (χ1n) is 7.45. The van der Waals surface area contributed by atoms with Crippen molar-refractivity contribution in [2.75, 3.05) is 18.6 Å². The highest BCUT2D eigenvalue weighted by Gasteiger charge is 2.12. The smallest absolute Gasteiger partial charge is 0.133 e. The molecule has 0 aliphatic rings. The Bertz CT molecular complexity index is 637. The van der Waals surface area contributed by atoms with E-state index in [2.05, 4.69) is 49.1 Å². The Morgan fingerprint density at radius 1 is 1.14 bits per heavy atom. The molecule has 0 bridgehead atoms. The monoisotopic (exact) mass is 298 g/mol. The van der Waals surface area contributed by atoms with E-state index >= 15 is 0 Å². The maximum Gasteiger partial charge on any atom is 0.133 e. The lowest BCUT2D eigenvalue weighted by atomic mass is 10.1. The Kier molecular flexibility index (Phi) is 5.15. The van der Waals surface area contributed by atoms with Gasteiger partial charge in [0.25, 0.3) is 0 Å². The fraction of sp³-hybridized carbons (Fsp3) is 0.333. The molecule has 2 aromatic rings. The number of nitrogens with zero attached hydrogens (tertiary/aromatic N) is 2. The molecule has 2 aromatic carbocycles. The van der Waals surface area contributed by atoms with Gasteiger partial charge in [-0.05, 0) is 61.8 Å². The number of likely N-dealkylation sites (N-methyl/N-ethyl adjacent to an activating group) is 1. The summed E-state index contributed by atoms with van der Waals surface area (Å²) in [6, 6.07) is 14.4. The Morgan fingerprint density at radius 2 is 1.82 bits per heavy atom. The van der Waals surface area contributed by atoms with Crippen molar-refractivity contribution in [2.45, 2.75) is 26.8 Å². The Balaban J connectivity index is 1.99. The van der Waals surface area contributed by atoms with E-state index < -0.39 is 0 Å². The van der Waals surface area contributed by atoms with Crippen molar-refractivity contribution in [3.8, 4) is 5.75 Å². The number of benzene rings is 2. The van der Waals surface area contributed by atoms with E-state index in [-0.39, 0.29) is 6.04 Å². The number of hydrogen-bond donors (Lipinski definition) is 1. The zero-order valence-corrected chi connectivity index (χ0v) is 13.7. The molecule has 2 rings (SSSR count). The van der Waals surface area contributed by atoms with E-state index in [1.165, 1.54) is 5.56 Å². The number of hydrogen-bond acceptors (Lipinski definition) is 3. The van der Waals surface area contributed by atoms with Crippen LogP contribution in [0.15, 0.2) is 47.6 Å². The van der Waals surface area contributed by atoms with Gasteiger partial charge >= 0.3 is 0 Å². The van der Waals surface area contributed by atoms with Crippen LogP contribution >= 0.6 is 0 Å². The minimum atomic E-state index is 0.251. The highest BCUT2D eigenvalue weighted by molar-refractivity contribution is 5.57. The van der Waals surface area contributed by atoms with Crippen LogP contribution in [-0.4, -0.2) is 19.7 Å². The second kappa shape index (κ2) is 7.07. The van der Waals surface area contributed by atoms with Crippen LogP contribution in [0.25, 0.3) is 0 Å². The van der Waals surface area contributed by atoms with Crippen LogP contribution < -0.4 is 15.2 Å². The van der Waals surface area contributed by atoms with E-state index in [4.69, 9.17) is 10.3 Å². The van der Waals surface area contributed by atoms with Gasteiger partial charge in [-0.25, -0.2) is 0 Å². The SMILES string of the molecule is Cc1ccc(OCC(C)N(C)c2ccc(N=[NH2+])c(C)c2)cc1. The van der Waals surface area contributed by atoms with Gasteiger partial charge in [-0.15, -0.1) is 0 Å². The van der Waals surface area contributed by atoms with Gasteiger partial charge in [0.15, 0.2) is 0 Å². The maximum atomic E-state index is 5.86. The fourth-order valence-corrected chi connectivity index (χ4v) is 2.22. The lowest BCUT2D eigenvalue weighted by Crippen LogP contribution is -2.34. The summed E-state index contributed by atoms with van der Waals surface area (Å²) in [6.45, 7) is 6.85. The van der Waals surface area contributed by atoms with Crippen molar-refractivity contribution < 1.29 is 10.3 Å². The highest BCUT2D eigenvalue weighted by Crippen LogP contribution is 2.24. The molecule has 0 amide bonds. The maximum absolute atomic E-state index is 5.86. The van der Waals surface area contributed by atoms with E-state index in [9.17, 15) is 0 Å². The average Bonchev–Trinajstić information content (AvgIpc) is 2.53. The van der Waals surface area contributed by atoms with E-state index in [1.54, 1.807) is 0 Å². The van der Waals surface area contributed by atoms with Crippen molar-refractivity contribution in [1.29, 1.82) is 0 Å². The lowest BCUT2D eigenvalue weighted by molar-refractivity contribution is -0.210. The summed E-state index contributed by atoms with van der Waals surface area (Å²) in [7, 11) is 2.07. The molecular formula is C18H24N3O+. The Hall–Kier alpha value is -2.36. The Morgan fingerprint density at radius 3 is 2.41 bits per heavy atom. The van der Waals surface area contributed by atoms with Crippen molar-refractivity contribution in [3.63, 3.8) is 0 Å². The first kappa shape index (κ1) is 16.0. The highest BCUT2D eigenvalue weighted by atomic mass is 16.5. The standard InChI is InChI=1S/C18H23N3O/c1-13-5-8-17(9-6-13)22-12-15(3)21(4)16-7-10-18(20-19)14(2)11-16/h5-11,15,19H,12H2,1-4H3/p+1. The van der Waals surface area contributed by atoms with E-state index in [0.29, 0.717) is 6.61 Å². The third kappa shape index (κ3) is 3.85. The molecule has 0 aliphatic carbocycles. The first-order chi connectivity index (χ1) is 10.5. The number of aryl methyl sites for hydroxylation is 2. The molecule has 22 heavy (non-hydrogen) atoms. The van der Waals surface area contributed by atoms with Crippen LogP contribution in [0, 0.1) is 13.8 Å². The molecule has 4 heteroatoms. The zero-order chi connectivity index (χ0) is 16.1. The summed E-state index contributed by atoms with van der Waals surface area (Å²) in [4.78, 5) is 2.20. The van der Waals surface area contributed by atoms with Crippen molar-refractivity contribution >= 4 is 11.4 Å². The Labute approximate surface area is 132 Å². The topological polar surface area (TPSA) is 50.4 Å². The van der Waals surface area contributed by atoms with Crippen LogP contribution in [0.1, 0.15) is 18.1 Å². The quantitative estimate of drug-likeness (QED) is 0.833. The summed E-state index contributed by atoms with van der Waals surface area (Å²) in [5.74, 6) is 0.902. The summed E-state index contributed by atoms with van der Waals surface area (Å²) >= 11 is 0. The third-order valence-corrected chi connectivity index (χ3v) is 3.90. The van der Waals surface area contributed by atoms with E-state index in [1.807, 2.05) is 31.2 Å². The molecule has 0 heterocycles. The normalized spacial score (nSPS) is 11.8. The minimum Gasteiger partial charge on any atom is -0.491 e. The first-order valence-corrected chi connectivity index (χ1v) is 7.45. The van der Waals surface area contributed by atoms with Crippen molar-refractivity contribution in [2.24, 2.45) is 5.11 Å². The molecule has 4 nitrogen and oxygen atoms in total. The number of ether oxygens (including phenoxy) is 1. The zero-order valence-electron chi connectivity index (χ0n) is 13.7. The van der Waals surface area contributed by atoms with Crippen molar-refractivity contribution in [1.82, 2.24) is 0 Å². The second-order valence-electron chi connectivity index (χ2n) is 5.68. The fourth-order valence-electron chi connectivity index (χ4n) is 2.22. The van der Waals surface area contributed by atoms with Crippen molar-refractivity contribution in [3.05, 3.63) is 53.6 Å². The summed E-state index contributed by atoms with van der Waals surface area (Å²) in [5.41, 5.74) is 9.60. The van der Waals surface area contributed by atoms with Crippen LogP contribution in [0.2, 0.25) is 0 Å². The van der Waals surface area contributed by atoms with Crippen LogP contribution in [0.5, 0.6) is 5.75 Å². The number of nitrogens with two attached hydrogens (primary N) is 1. The van der Waals surface area contributed by atoms with Crippen LogP contribution in [0.4, 0.5) is 11.4 Å². The molecule has 0 aromatic heterocycles. The summed E-state index contributed by atoms with van der Waals surface area (Å²) < 4.78 is 5.86. The van der Waals surface area contributed by atoms with Gasteiger partial charge in [0, 0.05) is 12.7 Å². The molecule has 0 saturated heterocycles. The molecular weight excluding hydrogens is 274 g/mol. The van der Waals surface area contributed by atoms with Gasteiger partial charge in [-0.1, -0.05) is 17.7 Å². The van der Waals surface area contributed by atoms with E-state index in [0.717, 1.165) is 22.7 Å². The van der Waals surface area contributed by atoms with Gasteiger partial charge in [0.05, 0.1) is 6.04 Å². The van der Waals surface area contributed by atoms with Gasteiger partial charge in [-0.2, -0.15) is 5.53 Å². The number of rotatable bonds is 6. The largest absolute Gasteiger partial charge is 0.491 e. The molecule has 1 atom stereocenters. The molecule has 0 radical (unpaired) electrons. The molecule has 0 fully saturated rings. The van der Waals surface area contributed by atoms with Gasteiger partial charge in [0.2, 0.25) is 0 Å². The summed E-state index contributed by atoms with van der Waals surface area (Å²) in [5, 5.41) is 3.76. The molecule has 0 aliphatic heterocycles. The van der Waals surface area contributed by atoms with Gasteiger partial charge in [0.1, 0.15) is 18.0 Å². The minimum absolute atomic E-state index is 0.251. The molecule has 116 valence electrons. The average molecular weight is 298 g/mol. The lowest BCUT2D eigenvalue weighted by Gasteiger charge is -2.27. The van der Waals surface area contributed by atoms with Gasteiger partial charge < -0.3 is 9.64 Å². The van der Waals surface area contributed by atoms with Crippen LogP contribution in [-0.2, 0) is 0 Å². The molecule has 2 N–H and O–H groups in total. The van der Waals surface area contributed by atoms with Gasteiger partial charge in [-0.3, -0.25) is 0 Å².